The van der Waals surface area contributed by atoms with E-state index in [1.165, 1.54) is 0 Å². The lowest BCUT2D eigenvalue weighted by Gasteiger charge is -2.36. The van der Waals surface area contributed by atoms with Gasteiger partial charge in [-0.1, -0.05) is 24.6 Å². The number of esters is 1. The molecule has 0 unspecified atom stereocenters. The molecule has 1 N–H and O–H groups in total. The number of rotatable bonds is 4. The SMILES string of the molecule is O=C1C[C@@H](C(=O)NCc2ccccc2-n2ccnc2)C2(CCCCC2)O1. The molecule has 6 heteroatoms. The van der Waals surface area contributed by atoms with Crippen molar-refractivity contribution < 1.29 is 14.3 Å². The predicted octanol–water partition coefficient (Wildman–Crippen LogP) is 2.75. The molecule has 2 heterocycles. The minimum absolute atomic E-state index is 0.0850. The van der Waals surface area contributed by atoms with Crippen molar-refractivity contribution in [1.29, 1.82) is 0 Å². The monoisotopic (exact) mass is 353 g/mol. The fourth-order valence-corrected chi connectivity index (χ4v) is 4.24. The van der Waals surface area contributed by atoms with Gasteiger partial charge in [0.1, 0.15) is 5.60 Å². The molecule has 1 saturated heterocycles. The zero-order valence-corrected chi connectivity index (χ0v) is 14.7. The Morgan fingerprint density at radius 1 is 1.27 bits per heavy atom. The number of nitrogens with one attached hydrogen (secondary N) is 1. The first kappa shape index (κ1) is 16.8. The Morgan fingerprint density at radius 2 is 2.08 bits per heavy atom. The van der Waals surface area contributed by atoms with E-state index < -0.39 is 5.60 Å². The number of amides is 1. The minimum atomic E-state index is -0.580. The van der Waals surface area contributed by atoms with Gasteiger partial charge in [-0.05, 0) is 37.3 Å². The summed E-state index contributed by atoms with van der Waals surface area (Å²) in [4.78, 5) is 28.9. The summed E-state index contributed by atoms with van der Waals surface area (Å²) in [6, 6.07) is 7.89. The highest BCUT2D eigenvalue weighted by Gasteiger charge is 2.52. The lowest BCUT2D eigenvalue weighted by molar-refractivity contribution is -0.153. The summed E-state index contributed by atoms with van der Waals surface area (Å²) in [6.07, 6.45) is 10.3. The van der Waals surface area contributed by atoms with Gasteiger partial charge < -0.3 is 14.6 Å². The van der Waals surface area contributed by atoms with Crippen LogP contribution in [-0.2, 0) is 20.9 Å². The number of imidazole rings is 1. The van der Waals surface area contributed by atoms with E-state index >= 15 is 0 Å². The van der Waals surface area contributed by atoms with Gasteiger partial charge in [-0.3, -0.25) is 9.59 Å². The summed E-state index contributed by atoms with van der Waals surface area (Å²) in [5.41, 5.74) is 1.40. The Kier molecular flexibility index (Phi) is 4.49. The zero-order valence-electron chi connectivity index (χ0n) is 14.7. The molecule has 136 valence electrons. The summed E-state index contributed by atoms with van der Waals surface area (Å²) in [5, 5.41) is 3.03. The van der Waals surface area contributed by atoms with Crippen molar-refractivity contribution >= 4 is 11.9 Å². The summed E-state index contributed by atoms with van der Waals surface area (Å²) >= 11 is 0. The van der Waals surface area contributed by atoms with E-state index in [0.717, 1.165) is 43.4 Å². The molecule has 1 spiro atoms. The first-order chi connectivity index (χ1) is 12.7. The molecule has 1 amide bonds. The third kappa shape index (κ3) is 3.11. The molecule has 1 atom stereocenters. The van der Waals surface area contributed by atoms with Crippen molar-refractivity contribution in [3.63, 3.8) is 0 Å². The van der Waals surface area contributed by atoms with Crippen LogP contribution < -0.4 is 5.32 Å². The quantitative estimate of drug-likeness (QED) is 0.858. The third-order valence-corrected chi connectivity index (χ3v) is 5.57. The standard InChI is InChI=1S/C20H23N3O3/c24-18-12-16(20(26-18)8-4-1-5-9-20)19(25)22-13-15-6-2-3-7-17(15)23-11-10-21-14-23/h2-3,6-7,10-11,14,16H,1,4-5,8-9,12-13H2,(H,22,25)/t16-/m0/s1. The van der Waals surface area contributed by atoms with Crippen LogP contribution in [0.2, 0.25) is 0 Å². The minimum Gasteiger partial charge on any atom is -0.458 e. The highest BCUT2D eigenvalue weighted by molar-refractivity contribution is 5.87. The largest absolute Gasteiger partial charge is 0.458 e. The van der Waals surface area contributed by atoms with Gasteiger partial charge in [-0.2, -0.15) is 0 Å². The maximum Gasteiger partial charge on any atom is 0.307 e. The topological polar surface area (TPSA) is 73.2 Å². The average Bonchev–Trinajstić information content (AvgIpc) is 3.29. The number of nitrogens with zero attached hydrogens (tertiary/aromatic N) is 2. The molecular formula is C20H23N3O3. The lowest BCUT2D eigenvalue weighted by atomic mass is 9.75. The van der Waals surface area contributed by atoms with Crippen LogP contribution in [0, 0.1) is 5.92 Å². The number of ether oxygens (including phenoxy) is 1. The molecule has 0 bridgehead atoms. The van der Waals surface area contributed by atoms with Gasteiger partial charge in [0, 0.05) is 18.9 Å². The Labute approximate surface area is 152 Å². The third-order valence-electron chi connectivity index (χ3n) is 5.57. The number of carbonyl (C=O) groups excluding carboxylic acids is 2. The second kappa shape index (κ2) is 6.94. The van der Waals surface area contributed by atoms with Crippen LogP contribution in [0.25, 0.3) is 5.69 Å². The van der Waals surface area contributed by atoms with Gasteiger partial charge in [0.15, 0.2) is 0 Å². The molecule has 1 aliphatic heterocycles. The molecule has 6 nitrogen and oxygen atoms in total. The van der Waals surface area contributed by atoms with Crippen molar-refractivity contribution in [3.8, 4) is 5.69 Å². The summed E-state index contributed by atoms with van der Waals surface area (Å²) in [6.45, 7) is 0.411. The van der Waals surface area contributed by atoms with E-state index in [4.69, 9.17) is 4.74 Å². The van der Waals surface area contributed by atoms with Crippen LogP contribution in [0.4, 0.5) is 0 Å². The normalized spacial score (nSPS) is 21.5. The van der Waals surface area contributed by atoms with E-state index in [2.05, 4.69) is 10.3 Å². The van der Waals surface area contributed by atoms with Crippen molar-refractivity contribution in [3.05, 3.63) is 48.5 Å². The predicted molar refractivity (Wildman–Crippen MR) is 95.4 cm³/mol. The van der Waals surface area contributed by atoms with Crippen molar-refractivity contribution in [2.45, 2.75) is 50.7 Å². The summed E-state index contributed by atoms with van der Waals surface area (Å²) in [7, 11) is 0. The zero-order chi connectivity index (χ0) is 18.0. The Balaban J connectivity index is 1.48. The van der Waals surface area contributed by atoms with Crippen LogP contribution in [0.1, 0.15) is 44.1 Å². The molecular weight excluding hydrogens is 330 g/mol. The van der Waals surface area contributed by atoms with E-state index in [-0.39, 0.29) is 24.2 Å². The molecule has 1 aromatic carbocycles. The molecule has 0 radical (unpaired) electrons. The fraction of sp³-hybridized carbons (Fsp3) is 0.450. The highest BCUT2D eigenvalue weighted by atomic mass is 16.6. The van der Waals surface area contributed by atoms with Crippen LogP contribution in [-0.4, -0.2) is 27.0 Å². The van der Waals surface area contributed by atoms with E-state index in [9.17, 15) is 9.59 Å². The second-order valence-corrected chi connectivity index (χ2v) is 7.17. The van der Waals surface area contributed by atoms with Gasteiger partial charge in [0.05, 0.1) is 24.4 Å². The maximum absolute atomic E-state index is 12.9. The highest BCUT2D eigenvalue weighted by Crippen LogP contribution is 2.44. The van der Waals surface area contributed by atoms with Crippen LogP contribution in [0.5, 0.6) is 0 Å². The Hall–Kier alpha value is -2.63. The molecule has 2 aliphatic rings. The van der Waals surface area contributed by atoms with Crippen LogP contribution in [0.15, 0.2) is 43.0 Å². The van der Waals surface area contributed by atoms with Crippen molar-refractivity contribution in [1.82, 2.24) is 14.9 Å². The van der Waals surface area contributed by atoms with Gasteiger partial charge in [0.2, 0.25) is 5.91 Å². The fourth-order valence-electron chi connectivity index (χ4n) is 4.24. The van der Waals surface area contributed by atoms with Crippen molar-refractivity contribution in [2.24, 2.45) is 5.92 Å². The number of aromatic nitrogens is 2. The van der Waals surface area contributed by atoms with E-state index in [0.29, 0.717) is 6.54 Å². The average molecular weight is 353 g/mol. The van der Waals surface area contributed by atoms with E-state index in [1.807, 2.05) is 35.0 Å². The van der Waals surface area contributed by atoms with E-state index in [1.54, 1.807) is 12.5 Å². The number of para-hydroxylation sites is 1. The lowest BCUT2D eigenvalue weighted by Crippen LogP contribution is -2.45. The first-order valence-corrected chi connectivity index (χ1v) is 9.24. The second-order valence-electron chi connectivity index (χ2n) is 7.17. The summed E-state index contributed by atoms with van der Waals surface area (Å²) < 4.78 is 7.57. The molecule has 2 fully saturated rings. The molecule has 4 rings (SSSR count). The van der Waals surface area contributed by atoms with Gasteiger partial charge in [-0.15, -0.1) is 0 Å². The molecule has 1 saturated carbocycles. The van der Waals surface area contributed by atoms with Crippen molar-refractivity contribution in [2.75, 3.05) is 0 Å². The van der Waals surface area contributed by atoms with Gasteiger partial charge >= 0.3 is 5.97 Å². The van der Waals surface area contributed by atoms with Crippen LogP contribution >= 0.6 is 0 Å². The first-order valence-electron chi connectivity index (χ1n) is 9.24. The molecule has 2 aromatic rings. The van der Waals surface area contributed by atoms with Gasteiger partial charge in [0.25, 0.3) is 0 Å². The molecule has 1 aliphatic carbocycles. The number of hydrogen-bond acceptors (Lipinski definition) is 4. The number of benzene rings is 1. The smallest absolute Gasteiger partial charge is 0.307 e. The number of carbonyl (C=O) groups is 2. The Morgan fingerprint density at radius 3 is 2.85 bits per heavy atom. The molecule has 1 aromatic heterocycles. The van der Waals surface area contributed by atoms with Crippen LogP contribution in [0.3, 0.4) is 0 Å². The Bertz CT molecular complexity index is 794. The summed E-state index contributed by atoms with van der Waals surface area (Å²) in [5.74, 6) is -0.709. The maximum atomic E-state index is 12.9. The number of hydrogen-bond donors (Lipinski definition) is 1. The van der Waals surface area contributed by atoms with Gasteiger partial charge in [-0.25, -0.2) is 4.98 Å². The molecule has 26 heavy (non-hydrogen) atoms.